The van der Waals surface area contributed by atoms with Gasteiger partial charge in [-0.25, -0.2) is 9.67 Å². The van der Waals surface area contributed by atoms with E-state index in [2.05, 4.69) is 15.4 Å². The van der Waals surface area contributed by atoms with E-state index in [1.807, 2.05) is 29.2 Å². The number of hydrogen-bond donors (Lipinski definition) is 1. The van der Waals surface area contributed by atoms with E-state index in [1.165, 1.54) is 19.3 Å². The molecule has 2 amide bonds. The molecule has 1 aromatic heterocycles. The summed E-state index contributed by atoms with van der Waals surface area (Å²) in [5, 5.41) is 18.7. The number of rotatable bonds is 7. The minimum absolute atomic E-state index is 0.00917. The SMILES string of the molecule is CC(=O)N1CCN(c2ccc(C(=O)NCc3cccc(Cn4cncn4)c3)cc2[N+](=O)[O-])CC1. The van der Waals surface area contributed by atoms with Crippen molar-refractivity contribution in [2.24, 2.45) is 0 Å². The molecule has 1 saturated heterocycles. The lowest BCUT2D eigenvalue weighted by Gasteiger charge is -2.35. The van der Waals surface area contributed by atoms with Crippen LogP contribution in [-0.2, 0) is 17.9 Å². The van der Waals surface area contributed by atoms with Gasteiger partial charge in [-0.3, -0.25) is 19.7 Å². The first-order valence-corrected chi connectivity index (χ1v) is 10.9. The summed E-state index contributed by atoms with van der Waals surface area (Å²) in [6.07, 6.45) is 3.11. The number of hydrogen-bond acceptors (Lipinski definition) is 7. The van der Waals surface area contributed by atoms with E-state index in [4.69, 9.17) is 0 Å². The highest BCUT2D eigenvalue weighted by molar-refractivity contribution is 5.95. The number of nitro benzene ring substituents is 1. The van der Waals surface area contributed by atoms with Crippen LogP contribution >= 0.6 is 0 Å². The molecule has 2 aromatic carbocycles. The highest BCUT2D eigenvalue weighted by Gasteiger charge is 2.25. The second kappa shape index (κ2) is 10.1. The monoisotopic (exact) mass is 463 g/mol. The van der Waals surface area contributed by atoms with Crippen molar-refractivity contribution in [3.63, 3.8) is 0 Å². The fourth-order valence-electron chi connectivity index (χ4n) is 3.96. The lowest BCUT2D eigenvalue weighted by molar-refractivity contribution is -0.384. The number of benzene rings is 2. The molecule has 0 saturated carbocycles. The van der Waals surface area contributed by atoms with Crippen molar-refractivity contribution in [2.75, 3.05) is 31.1 Å². The standard InChI is InChI=1S/C23H25N7O4/c1-17(31)27-7-9-28(10-8-27)21-6-5-20(12-22(21)30(33)34)23(32)25-13-18-3-2-4-19(11-18)14-29-16-24-15-26-29/h2-6,11-12,15-16H,7-10,13-14H2,1H3,(H,25,32). The Hall–Kier alpha value is -4.28. The van der Waals surface area contributed by atoms with E-state index >= 15 is 0 Å². The van der Waals surface area contributed by atoms with Crippen LogP contribution in [0.1, 0.15) is 28.4 Å². The lowest BCUT2D eigenvalue weighted by Crippen LogP contribution is -2.48. The van der Waals surface area contributed by atoms with Crippen molar-refractivity contribution in [3.05, 3.63) is 81.9 Å². The van der Waals surface area contributed by atoms with Gasteiger partial charge in [0, 0.05) is 51.3 Å². The van der Waals surface area contributed by atoms with Crippen molar-refractivity contribution in [1.82, 2.24) is 25.0 Å². The Kier molecular flexibility index (Phi) is 6.81. The van der Waals surface area contributed by atoms with Crippen molar-refractivity contribution < 1.29 is 14.5 Å². The second-order valence-electron chi connectivity index (χ2n) is 8.05. The third-order valence-electron chi connectivity index (χ3n) is 5.76. The van der Waals surface area contributed by atoms with Gasteiger partial charge in [0.15, 0.2) is 0 Å². The number of piperazine rings is 1. The van der Waals surface area contributed by atoms with Crippen molar-refractivity contribution in [3.8, 4) is 0 Å². The first-order valence-electron chi connectivity index (χ1n) is 10.9. The largest absolute Gasteiger partial charge is 0.362 e. The first kappa shape index (κ1) is 22.9. The molecule has 1 aliphatic heterocycles. The van der Waals surface area contributed by atoms with Gasteiger partial charge in [0.25, 0.3) is 11.6 Å². The maximum atomic E-state index is 12.7. The molecule has 0 bridgehead atoms. The zero-order chi connectivity index (χ0) is 24.1. The van der Waals surface area contributed by atoms with E-state index < -0.39 is 10.8 Å². The summed E-state index contributed by atoms with van der Waals surface area (Å²) < 4.78 is 1.71. The summed E-state index contributed by atoms with van der Waals surface area (Å²) in [6.45, 7) is 4.37. The number of nitrogens with zero attached hydrogens (tertiary/aromatic N) is 6. The Balaban J connectivity index is 1.42. The molecule has 34 heavy (non-hydrogen) atoms. The Morgan fingerprint density at radius 1 is 1.09 bits per heavy atom. The molecule has 11 nitrogen and oxygen atoms in total. The predicted molar refractivity (Wildman–Crippen MR) is 124 cm³/mol. The van der Waals surface area contributed by atoms with Crippen LogP contribution in [0.25, 0.3) is 0 Å². The van der Waals surface area contributed by atoms with Gasteiger partial charge in [-0.15, -0.1) is 0 Å². The molecule has 11 heteroatoms. The van der Waals surface area contributed by atoms with Gasteiger partial charge >= 0.3 is 0 Å². The molecule has 0 spiro atoms. The van der Waals surface area contributed by atoms with Crippen LogP contribution in [0.5, 0.6) is 0 Å². The minimum atomic E-state index is -0.475. The molecule has 0 radical (unpaired) electrons. The van der Waals surface area contributed by atoms with E-state index in [1.54, 1.807) is 28.0 Å². The highest BCUT2D eigenvalue weighted by Crippen LogP contribution is 2.30. The molecular formula is C23H25N7O4. The average Bonchev–Trinajstić information content (AvgIpc) is 3.35. The zero-order valence-corrected chi connectivity index (χ0v) is 18.8. The van der Waals surface area contributed by atoms with Crippen LogP contribution < -0.4 is 10.2 Å². The summed E-state index contributed by atoms with van der Waals surface area (Å²) in [5.74, 6) is -0.400. The van der Waals surface area contributed by atoms with Crippen LogP contribution in [0, 0.1) is 10.1 Å². The van der Waals surface area contributed by atoms with Crippen LogP contribution in [0.15, 0.2) is 55.1 Å². The van der Waals surface area contributed by atoms with Crippen LogP contribution in [0.3, 0.4) is 0 Å². The molecule has 0 atom stereocenters. The van der Waals surface area contributed by atoms with Crippen LogP contribution in [0.4, 0.5) is 11.4 Å². The van der Waals surface area contributed by atoms with Crippen LogP contribution in [-0.4, -0.2) is 62.6 Å². The smallest absolute Gasteiger partial charge is 0.293 e. The zero-order valence-electron chi connectivity index (χ0n) is 18.8. The number of carbonyl (C=O) groups excluding carboxylic acids is 2. The van der Waals surface area contributed by atoms with Gasteiger partial charge in [-0.05, 0) is 23.3 Å². The van der Waals surface area contributed by atoms with Gasteiger partial charge in [-0.2, -0.15) is 5.10 Å². The maximum absolute atomic E-state index is 12.7. The van der Waals surface area contributed by atoms with Crippen molar-refractivity contribution >= 4 is 23.2 Å². The maximum Gasteiger partial charge on any atom is 0.293 e. The summed E-state index contributed by atoms with van der Waals surface area (Å²) in [6, 6.07) is 12.2. The van der Waals surface area contributed by atoms with Gasteiger partial charge in [0.2, 0.25) is 5.91 Å². The molecular weight excluding hydrogens is 438 g/mol. The Labute approximate surface area is 196 Å². The number of carbonyl (C=O) groups is 2. The number of aromatic nitrogens is 3. The fraction of sp³-hybridized carbons (Fsp3) is 0.304. The first-order chi connectivity index (χ1) is 16.4. The van der Waals surface area contributed by atoms with E-state index in [0.29, 0.717) is 38.4 Å². The van der Waals surface area contributed by atoms with E-state index in [0.717, 1.165) is 11.1 Å². The Bertz CT molecular complexity index is 1190. The van der Waals surface area contributed by atoms with Gasteiger partial charge < -0.3 is 15.1 Å². The highest BCUT2D eigenvalue weighted by atomic mass is 16.6. The van der Waals surface area contributed by atoms with Crippen molar-refractivity contribution in [1.29, 1.82) is 0 Å². The topological polar surface area (TPSA) is 126 Å². The second-order valence-corrected chi connectivity index (χ2v) is 8.05. The summed E-state index contributed by atoms with van der Waals surface area (Å²) in [4.78, 5) is 43.0. The quantitative estimate of drug-likeness (QED) is 0.418. The number of anilines is 1. The molecule has 3 aromatic rings. The van der Waals surface area contributed by atoms with Crippen molar-refractivity contribution in [2.45, 2.75) is 20.0 Å². The summed E-state index contributed by atoms with van der Waals surface area (Å²) in [7, 11) is 0. The number of amides is 2. The lowest BCUT2D eigenvalue weighted by atomic mass is 10.1. The Morgan fingerprint density at radius 3 is 2.53 bits per heavy atom. The van der Waals surface area contributed by atoms with Crippen LogP contribution in [0.2, 0.25) is 0 Å². The minimum Gasteiger partial charge on any atom is -0.362 e. The van der Waals surface area contributed by atoms with E-state index in [9.17, 15) is 19.7 Å². The number of nitrogens with one attached hydrogen (secondary N) is 1. The van der Waals surface area contributed by atoms with Gasteiger partial charge in [0.1, 0.15) is 18.3 Å². The molecule has 4 rings (SSSR count). The fourth-order valence-corrected chi connectivity index (χ4v) is 3.96. The Morgan fingerprint density at radius 2 is 1.85 bits per heavy atom. The number of nitro groups is 1. The normalized spacial score (nSPS) is 13.6. The van der Waals surface area contributed by atoms with Gasteiger partial charge in [0.05, 0.1) is 11.5 Å². The molecule has 0 aliphatic carbocycles. The summed E-state index contributed by atoms with van der Waals surface area (Å²) in [5.41, 5.74) is 2.46. The van der Waals surface area contributed by atoms with Gasteiger partial charge in [-0.1, -0.05) is 24.3 Å². The molecule has 1 N–H and O–H groups in total. The predicted octanol–water partition coefficient (Wildman–Crippen LogP) is 1.83. The van der Waals surface area contributed by atoms with E-state index in [-0.39, 0.29) is 23.7 Å². The summed E-state index contributed by atoms with van der Waals surface area (Å²) >= 11 is 0. The molecule has 1 fully saturated rings. The molecule has 176 valence electrons. The third-order valence-corrected chi connectivity index (χ3v) is 5.76. The average molecular weight is 463 g/mol. The molecule has 1 aliphatic rings. The molecule has 0 unspecified atom stereocenters. The third kappa shape index (κ3) is 5.37. The molecule has 2 heterocycles.